The number of aromatic nitrogens is 1. The molecule has 0 aliphatic rings. The van der Waals surface area contributed by atoms with Crippen molar-refractivity contribution in [3.05, 3.63) is 40.9 Å². The number of hydrogen-bond donors (Lipinski definition) is 3. The van der Waals surface area contributed by atoms with E-state index in [1.165, 1.54) is 16.9 Å². The fourth-order valence-corrected chi connectivity index (χ4v) is 2.24. The van der Waals surface area contributed by atoms with Crippen LogP contribution < -0.4 is 16.6 Å². The number of nitrogens with one attached hydrogen (secondary N) is 2. The second-order valence-corrected chi connectivity index (χ2v) is 4.74. The summed E-state index contributed by atoms with van der Waals surface area (Å²) in [4.78, 5) is 15.4. The molecule has 1 aromatic heterocycles. The number of hydrogen-bond acceptors (Lipinski definition) is 5. The maximum absolute atomic E-state index is 11.1. The first-order valence-corrected chi connectivity index (χ1v) is 6.33. The number of hydrazine groups is 1. The number of carbonyl (C=O) groups is 1. The van der Waals surface area contributed by atoms with E-state index >= 15 is 0 Å². The van der Waals surface area contributed by atoms with Crippen LogP contribution in [0.4, 0.5) is 10.8 Å². The highest BCUT2D eigenvalue weighted by Gasteiger charge is 2.06. The fourth-order valence-electron chi connectivity index (χ4n) is 1.51. The first kappa shape index (κ1) is 12.5. The summed E-state index contributed by atoms with van der Waals surface area (Å²) >= 11 is 1.46. The van der Waals surface area contributed by atoms with Crippen LogP contribution in [0, 0.1) is 6.92 Å². The van der Waals surface area contributed by atoms with Gasteiger partial charge in [0.2, 0.25) is 5.91 Å². The Balaban J connectivity index is 2.04. The van der Waals surface area contributed by atoms with Crippen LogP contribution in [0.15, 0.2) is 29.6 Å². The average Bonchev–Trinajstić information content (AvgIpc) is 2.76. The lowest BCUT2D eigenvalue weighted by Crippen LogP contribution is -2.31. The van der Waals surface area contributed by atoms with E-state index in [9.17, 15) is 4.79 Å². The number of carbonyl (C=O) groups excluding carboxylic acids is 1. The number of thiazole rings is 1. The van der Waals surface area contributed by atoms with E-state index in [1.807, 2.05) is 36.6 Å². The Morgan fingerprint density at radius 2 is 2.33 bits per heavy atom. The molecule has 94 valence electrons. The second-order valence-electron chi connectivity index (χ2n) is 3.88. The summed E-state index contributed by atoms with van der Waals surface area (Å²) in [5, 5.41) is 5.81. The van der Waals surface area contributed by atoms with Crippen LogP contribution in [0.5, 0.6) is 0 Å². The quantitative estimate of drug-likeness (QED) is 0.445. The van der Waals surface area contributed by atoms with E-state index in [4.69, 9.17) is 5.84 Å². The van der Waals surface area contributed by atoms with E-state index < -0.39 is 0 Å². The van der Waals surface area contributed by atoms with Gasteiger partial charge in [0.05, 0.1) is 12.1 Å². The van der Waals surface area contributed by atoms with E-state index in [2.05, 4.69) is 15.7 Å². The van der Waals surface area contributed by atoms with Crippen molar-refractivity contribution in [3.63, 3.8) is 0 Å². The Morgan fingerprint density at radius 1 is 1.50 bits per heavy atom. The molecule has 2 aromatic rings. The van der Waals surface area contributed by atoms with Crippen LogP contribution in [0.25, 0.3) is 0 Å². The summed E-state index contributed by atoms with van der Waals surface area (Å²) in [6.07, 6.45) is 0.197. The van der Waals surface area contributed by atoms with Gasteiger partial charge in [-0.25, -0.2) is 10.8 Å². The Labute approximate surface area is 109 Å². The number of nitrogens with zero attached hydrogens (tertiary/aromatic N) is 1. The topological polar surface area (TPSA) is 80.0 Å². The monoisotopic (exact) mass is 262 g/mol. The molecule has 0 atom stereocenters. The summed E-state index contributed by atoms with van der Waals surface area (Å²) in [5.74, 6) is 4.78. The van der Waals surface area contributed by atoms with Gasteiger partial charge in [-0.2, -0.15) is 0 Å². The number of anilines is 2. The Morgan fingerprint density at radius 3 is 3.06 bits per heavy atom. The third-order valence-electron chi connectivity index (χ3n) is 2.32. The lowest BCUT2D eigenvalue weighted by atomic mass is 10.2. The molecule has 5 nitrogen and oxygen atoms in total. The first-order valence-electron chi connectivity index (χ1n) is 5.45. The largest absolute Gasteiger partial charge is 0.332 e. The van der Waals surface area contributed by atoms with Crippen molar-refractivity contribution in [2.24, 2.45) is 5.84 Å². The van der Waals surface area contributed by atoms with Gasteiger partial charge in [0.15, 0.2) is 5.13 Å². The molecule has 0 aliphatic carbocycles. The molecule has 0 radical (unpaired) electrons. The van der Waals surface area contributed by atoms with E-state index in [-0.39, 0.29) is 12.3 Å². The molecule has 0 unspecified atom stereocenters. The highest BCUT2D eigenvalue weighted by molar-refractivity contribution is 7.13. The zero-order valence-corrected chi connectivity index (χ0v) is 10.8. The summed E-state index contributed by atoms with van der Waals surface area (Å²) in [6, 6.07) is 8.02. The smallest absolute Gasteiger partial charge is 0.239 e. The summed E-state index contributed by atoms with van der Waals surface area (Å²) in [7, 11) is 0. The van der Waals surface area contributed by atoms with Crippen molar-refractivity contribution >= 4 is 28.1 Å². The molecule has 0 saturated heterocycles. The van der Waals surface area contributed by atoms with E-state index in [1.54, 1.807) is 0 Å². The first-order chi connectivity index (χ1) is 8.67. The van der Waals surface area contributed by atoms with Crippen molar-refractivity contribution in [1.82, 2.24) is 10.4 Å². The molecule has 0 bridgehead atoms. The van der Waals surface area contributed by atoms with Crippen LogP contribution in [-0.2, 0) is 11.2 Å². The van der Waals surface area contributed by atoms with Crippen molar-refractivity contribution < 1.29 is 4.79 Å². The standard InChI is InChI=1S/C12H14N4OS/c1-8-3-2-4-9(5-8)14-12-15-10(7-18-12)6-11(17)16-13/h2-5,7H,6,13H2,1H3,(H,14,15)(H,16,17). The molecule has 0 saturated carbocycles. The normalized spacial score (nSPS) is 10.1. The maximum atomic E-state index is 11.1. The molecule has 18 heavy (non-hydrogen) atoms. The number of aryl methyl sites for hydroxylation is 1. The van der Waals surface area contributed by atoms with Crippen LogP contribution in [0.3, 0.4) is 0 Å². The maximum Gasteiger partial charge on any atom is 0.239 e. The Kier molecular flexibility index (Phi) is 3.91. The second kappa shape index (κ2) is 5.61. The highest BCUT2D eigenvalue weighted by atomic mass is 32.1. The van der Waals surface area contributed by atoms with Gasteiger partial charge in [-0.3, -0.25) is 10.2 Å². The van der Waals surface area contributed by atoms with Crippen molar-refractivity contribution in [3.8, 4) is 0 Å². The average molecular weight is 262 g/mol. The number of amides is 1. The molecular formula is C12H14N4OS. The molecule has 2 rings (SSSR count). The molecule has 0 aliphatic heterocycles. The molecule has 0 spiro atoms. The van der Waals surface area contributed by atoms with Gasteiger partial charge in [-0.15, -0.1) is 11.3 Å². The van der Waals surface area contributed by atoms with Crippen LogP contribution in [0.1, 0.15) is 11.3 Å². The minimum Gasteiger partial charge on any atom is -0.332 e. The zero-order valence-electron chi connectivity index (χ0n) is 9.93. The predicted molar refractivity (Wildman–Crippen MR) is 72.6 cm³/mol. The minimum atomic E-state index is -0.248. The third-order valence-corrected chi connectivity index (χ3v) is 3.13. The van der Waals surface area contributed by atoms with Crippen molar-refractivity contribution in [2.75, 3.05) is 5.32 Å². The molecule has 1 aromatic carbocycles. The SMILES string of the molecule is Cc1cccc(Nc2nc(CC(=O)NN)cs2)c1. The summed E-state index contributed by atoms with van der Waals surface area (Å²) in [5.41, 5.74) is 4.96. The van der Waals surface area contributed by atoms with Crippen molar-refractivity contribution in [1.29, 1.82) is 0 Å². The van der Waals surface area contributed by atoms with Gasteiger partial charge >= 0.3 is 0 Å². The van der Waals surface area contributed by atoms with Crippen LogP contribution in [0.2, 0.25) is 0 Å². The lowest BCUT2D eigenvalue weighted by molar-refractivity contribution is -0.120. The number of benzene rings is 1. The van der Waals surface area contributed by atoms with Crippen LogP contribution >= 0.6 is 11.3 Å². The molecule has 0 fully saturated rings. The van der Waals surface area contributed by atoms with Gasteiger partial charge in [0.1, 0.15) is 0 Å². The van der Waals surface area contributed by atoms with Gasteiger partial charge in [-0.1, -0.05) is 12.1 Å². The summed E-state index contributed by atoms with van der Waals surface area (Å²) < 4.78 is 0. The van der Waals surface area contributed by atoms with Gasteiger partial charge in [0, 0.05) is 11.1 Å². The zero-order chi connectivity index (χ0) is 13.0. The van der Waals surface area contributed by atoms with Crippen LogP contribution in [-0.4, -0.2) is 10.9 Å². The van der Waals surface area contributed by atoms with Crippen molar-refractivity contribution in [2.45, 2.75) is 13.3 Å². The van der Waals surface area contributed by atoms with Gasteiger partial charge < -0.3 is 5.32 Å². The Bertz CT molecular complexity index is 553. The number of rotatable bonds is 4. The molecule has 1 amide bonds. The fraction of sp³-hybridized carbons (Fsp3) is 0.167. The van der Waals surface area contributed by atoms with E-state index in [0.717, 1.165) is 10.8 Å². The third kappa shape index (κ3) is 3.28. The minimum absolute atomic E-state index is 0.197. The summed E-state index contributed by atoms with van der Waals surface area (Å²) in [6.45, 7) is 2.03. The molecule has 6 heteroatoms. The Hall–Kier alpha value is -1.92. The molecular weight excluding hydrogens is 248 g/mol. The molecule has 1 heterocycles. The van der Waals surface area contributed by atoms with Gasteiger partial charge in [-0.05, 0) is 24.6 Å². The lowest BCUT2D eigenvalue weighted by Gasteiger charge is -2.02. The van der Waals surface area contributed by atoms with Gasteiger partial charge in [0.25, 0.3) is 0 Å². The van der Waals surface area contributed by atoms with E-state index in [0.29, 0.717) is 5.69 Å². The number of nitrogens with two attached hydrogens (primary N) is 1. The molecule has 4 N–H and O–H groups in total. The predicted octanol–water partition coefficient (Wildman–Crippen LogP) is 1.73. The highest BCUT2D eigenvalue weighted by Crippen LogP contribution is 2.21.